The van der Waals surface area contributed by atoms with E-state index in [0.29, 0.717) is 12.5 Å². The van der Waals surface area contributed by atoms with E-state index < -0.39 is 6.10 Å². The summed E-state index contributed by atoms with van der Waals surface area (Å²) in [5, 5.41) is 16.2. The maximum atomic E-state index is 10.2. The molecule has 1 aromatic rings. The van der Waals surface area contributed by atoms with Crippen LogP contribution in [0.2, 0.25) is 0 Å². The topological polar surface area (TPSA) is 65.9 Å². The number of rotatable bonds is 7. The molecule has 0 aliphatic heterocycles. The molecule has 1 atom stereocenters. The minimum absolute atomic E-state index is 0. The predicted molar refractivity (Wildman–Crippen MR) is 105 cm³/mol. The minimum Gasteiger partial charge on any atom is -0.491 e. The van der Waals surface area contributed by atoms with Crippen LogP contribution in [-0.2, 0) is 0 Å². The normalized spacial score (nSPS) is 12.1. The molecule has 0 fully saturated rings. The molecule has 0 aliphatic rings. The Balaban J connectivity index is 0.00000484. The summed E-state index contributed by atoms with van der Waals surface area (Å²) >= 11 is 0. The zero-order valence-electron chi connectivity index (χ0n) is 13.9. The lowest BCUT2D eigenvalue weighted by molar-refractivity contribution is 0.186. The van der Waals surface area contributed by atoms with E-state index in [9.17, 15) is 5.11 Å². The van der Waals surface area contributed by atoms with Gasteiger partial charge in [-0.05, 0) is 38.5 Å². The molecule has 0 saturated carbocycles. The second-order valence-corrected chi connectivity index (χ2v) is 5.03. The summed E-state index contributed by atoms with van der Waals surface area (Å²) in [6.45, 7) is 7.30. The minimum atomic E-state index is -0.672. The summed E-state index contributed by atoms with van der Waals surface area (Å²) in [7, 11) is 0. The number of aliphatic imine (C=N–C) groups is 1. The number of guanidine groups is 1. The Morgan fingerprint density at radius 1 is 1.30 bits per heavy atom. The van der Waals surface area contributed by atoms with E-state index in [2.05, 4.69) is 21.5 Å². The van der Waals surface area contributed by atoms with Crippen molar-refractivity contribution in [2.45, 2.75) is 33.0 Å². The molecule has 0 heterocycles. The average molecular weight is 431 g/mol. The molecule has 1 aromatic carbocycles. The Morgan fingerprint density at radius 3 is 2.48 bits per heavy atom. The Morgan fingerprint density at radius 2 is 1.96 bits per heavy atom. The van der Waals surface area contributed by atoms with Crippen molar-refractivity contribution >= 4 is 29.9 Å². The van der Waals surface area contributed by atoms with E-state index in [-0.39, 0.29) is 36.6 Å². The molecular formula is C17H26IN3O2. The number of aliphatic hydroxyl groups is 1. The SMILES string of the molecule is C#CCNC(=NCC(O)c1ccc(OC(C)C)cc1)NCC.I. The van der Waals surface area contributed by atoms with Gasteiger partial charge in [0.2, 0.25) is 0 Å². The van der Waals surface area contributed by atoms with Gasteiger partial charge in [-0.25, -0.2) is 0 Å². The molecule has 3 N–H and O–H groups in total. The number of hydrogen-bond donors (Lipinski definition) is 3. The molecule has 0 radical (unpaired) electrons. The van der Waals surface area contributed by atoms with Crippen LogP contribution in [0, 0.1) is 12.3 Å². The van der Waals surface area contributed by atoms with Crippen molar-refractivity contribution in [2.75, 3.05) is 19.6 Å². The predicted octanol–water partition coefficient (Wildman–Crippen LogP) is 2.31. The lowest BCUT2D eigenvalue weighted by atomic mass is 10.1. The van der Waals surface area contributed by atoms with Crippen LogP contribution in [0.3, 0.4) is 0 Å². The molecule has 6 heteroatoms. The highest BCUT2D eigenvalue weighted by molar-refractivity contribution is 14.0. The molecule has 128 valence electrons. The van der Waals surface area contributed by atoms with Gasteiger partial charge in [-0.3, -0.25) is 4.99 Å². The third-order valence-corrected chi connectivity index (χ3v) is 2.76. The van der Waals surface area contributed by atoms with E-state index in [1.165, 1.54) is 0 Å². The van der Waals surface area contributed by atoms with E-state index in [1.807, 2.05) is 45.0 Å². The van der Waals surface area contributed by atoms with Gasteiger partial charge in [0.1, 0.15) is 5.75 Å². The Kier molecular flexibility index (Phi) is 11.3. The number of halogens is 1. The van der Waals surface area contributed by atoms with Gasteiger partial charge in [0.15, 0.2) is 5.96 Å². The van der Waals surface area contributed by atoms with Crippen molar-refractivity contribution in [3.8, 4) is 18.1 Å². The van der Waals surface area contributed by atoms with E-state index >= 15 is 0 Å². The monoisotopic (exact) mass is 431 g/mol. The first-order valence-electron chi connectivity index (χ1n) is 7.47. The lowest BCUT2D eigenvalue weighted by Crippen LogP contribution is -2.37. The fourth-order valence-corrected chi connectivity index (χ4v) is 1.80. The van der Waals surface area contributed by atoms with Crippen LogP contribution in [0.25, 0.3) is 0 Å². The fourth-order valence-electron chi connectivity index (χ4n) is 1.80. The zero-order chi connectivity index (χ0) is 16.4. The van der Waals surface area contributed by atoms with Crippen molar-refractivity contribution in [2.24, 2.45) is 4.99 Å². The number of benzene rings is 1. The summed E-state index contributed by atoms with van der Waals surface area (Å²) in [5.41, 5.74) is 0.799. The van der Waals surface area contributed by atoms with Crippen LogP contribution in [-0.4, -0.2) is 36.8 Å². The maximum Gasteiger partial charge on any atom is 0.192 e. The third-order valence-electron chi connectivity index (χ3n) is 2.76. The summed E-state index contributed by atoms with van der Waals surface area (Å²) in [5.74, 6) is 3.88. The van der Waals surface area contributed by atoms with Crippen LogP contribution in [0.5, 0.6) is 5.75 Å². The van der Waals surface area contributed by atoms with E-state index in [0.717, 1.165) is 17.9 Å². The van der Waals surface area contributed by atoms with Crippen LogP contribution >= 0.6 is 24.0 Å². The Hall–Kier alpha value is -1.46. The molecular weight excluding hydrogens is 405 g/mol. The maximum absolute atomic E-state index is 10.2. The van der Waals surface area contributed by atoms with E-state index in [4.69, 9.17) is 11.2 Å². The van der Waals surface area contributed by atoms with Gasteiger partial charge >= 0.3 is 0 Å². The van der Waals surface area contributed by atoms with Gasteiger partial charge in [-0.2, -0.15) is 0 Å². The number of terminal acetylenes is 1. The van der Waals surface area contributed by atoms with Gasteiger partial charge in [-0.1, -0.05) is 18.1 Å². The first-order chi connectivity index (χ1) is 10.6. The molecule has 0 aliphatic carbocycles. The standard InChI is InChI=1S/C17H25N3O2.HI/c1-5-11-19-17(18-6-2)20-12-16(21)14-7-9-15(10-8-14)22-13(3)4;/h1,7-10,13,16,21H,6,11-12H2,2-4H3,(H2,18,19,20);1H. The molecule has 0 amide bonds. The number of hydrogen-bond acceptors (Lipinski definition) is 3. The van der Waals surface area contributed by atoms with Crippen molar-refractivity contribution in [3.63, 3.8) is 0 Å². The molecule has 23 heavy (non-hydrogen) atoms. The molecule has 5 nitrogen and oxygen atoms in total. The quantitative estimate of drug-likeness (QED) is 0.268. The van der Waals surface area contributed by atoms with Crippen LogP contribution in [0.15, 0.2) is 29.3 Å². The number of ether oxygens (including phenoxy) is 1. The fraction of sp³-hybridized carbons (Fsp3) is 0.471. The highest BCUT2D eigenvalue weighted by Gasteiger charge is 2.08. The number of nitrogens with zero attached hydrogens (tertiary/aromatic N) is 1. The summed E-state index contributed by atoms with van der Waals surface area (Å²) in [6, 6.07) is 7.40. The second kappa shape index (κ2) is 12.0. The van der Waals surface area contributed by atoms with Gasteiger partial charge in [0, 0.05) is 6.54 Å². The van der Waals surface area contributed by atoms with Crippen LogP contribution in [0.1, 0.15) is 32.4 Å². The summed E-state index contributed by atoms with van der Waals surface area (Å²) in [6.07, 6.45) is 4.67. The molecule has 0 aromatic heterocycles. The van der Waals surface area contributed by atoms with E-state index in [1.54, 1.807) is 0 Å². The van der Waals surface area contributed by atoms with Crippen LogP contribution < -0.4 is 15.4 Å². The van der Waals surface area contributed by atoms with Gasteiger partial charge in [0.25, 0.3) is 0 Å². The first kappa shape index (κ1) is 21.5. The zero-order valence-corrected chi connectivity index (χ0v) is 16.2. The van der Waals surface area contributed by atoms with Gasteiger partial charge in [0.05, 0.1) is 25.3 Å². The van der Waals surface area contributed by atoms with Gasteiger partial charge in [-0.15, -0.1) is 30.4 Å². The molecule has 1 unspecified atom stereocenters. The summed E-state index contributed by atoms with van der Waals surface area (Å²) < 4.78 is 5.58. The summed E-state index contributed by atoms with van der Waals surface area (Å²) in [4.78, 5) is 4.32. The Bertz CT molecular complexity index is 510. The highest BCUT2D eigenvalue weighted by atomic mass is 127. The van der Waals surface area contributed by atoms with Crippen molar-refractivity contribution in [1.82, 2.24) is 10.6 Å². The average Bonchev–Trinajstić information content (AvgIpc) is 2.50. The second-order valence-electron chi connectivity index (χ2n) is 5.03. The smallest absolute Gasteiger partial charge is 0.192 e. The molecule has 1 rings (SSSR count). The van der Waals surface area contributed by atoms with Crippen LogP contribution in [0.4, 0.5) is 0 Å². The molecule has 0 saturated heterocycles. The first-order valence-corrected chi connectivity index (χ1v) is 7.47. The largest absolute Gasteiger partial charge is 0.491 e. The van der Waals surface area contributed by atoms with Gasteiger partial charge < -0.3 is 20.5 Å². The third kappa shape index (κ3) is 8.67. The highest BCUT2D eigenvalue weighted by Crippen LogP contribution is 2.18. The molecule has 0 spiro atoms. The Labute approximate surface area is 155 Å². The number of nitrogens with one attached hydrogen (secondary N) is 2. The molecule has 0 bridgehead atoms. The van der Waals surface area contributed by atoms with Crippen molar-refractivity contribution < 1.29 is 9.84 Å². The lowest BCUT2D eigenvalue weighted by Gasteiger charge is -2.13. The van der Waals surface area contributed by atoms with Crippen molar-refractivity contribution in [1.29, 1.82) is 0 Å². The number of aliphatic hydroxyl groups excluding tert-OH is 1. The van der Waals surface area contributed by atoms with Crippen molar-refractivity contribution in [3.05, 3.63) is 29.8 Å².